The van der Waals surface area contributed by atoms with Crippen LogP contribution in [-0.4, -0.2) is 57.1 Å². The van der Waals surface area contributed by atoms with Crippen LogP contribution in [0.5, 0.6) is 0 Å². The van der Waals surface area contributed by atoms with E-state index in [2.05, 4.69) is 55.3 Å². The molecule has 1 aromatic heterocycles. The molecule has 1 amide bonds. The number of aromatic amines is 1. The minimum atomic E-state index is 0.147. The number of hydrogen-bond acceptors (Lipinski definition) is 4. The summed E-state index contributed by atoms with van der Waals surface area (Å²) in [4.78, 5) is 21.8. The lowest BCUT2D eigenvalue weighted by Crippen LogP contribution is -2.46. The zero-order chi connectivity index (χ0) is 17.8. The summed E-state index contributed by atoms with van der Waals surface area (Å²) >= 11 is 0. The first-order valence-electron chi connectivity index (χ1n) is 9.70. The molecule has 2 fully saturated rings. The Bertz CT molecular complexity index is 694. The van der Waals surface area contributed by atoms with Crippen LogP contribution in [0.3, 0.4) is 0 Å². The SMILES string of the molecule is O=C(C1CCCN(Cc2ccccc2)C1)N1CCC(c2ncn[nH]2)CC1. The van der Waals surface area contributed by atoms with Gasteiger partial charge in [0.2, 0.25) is 5.91 Å². The third-order valence-corrected chi connectivity index (χ3v) is 5.73. The molecule has 2 saturated heterocycles. The van der Waals surface area contributed by atoms with Gasteiger partial charge in [0, 0.05) is 32.1 Å². The molecule has 138 valence electrons. The van der Waals surface area contributed by atoms with Crippen molar-refractivity contribution in [1.29, 1.82) is 0 Å². The van der Waals surface area contributed by atoms with Gasteiger partial charge in [-0.3, -0.25) is 14.8 Å². The molecule has 6 nitrogen and oxygen atoms in total. The molecule has 4 rings (SSSR count). The summed E-state index contributed by atoms with van der Waals surface area (Å²) in [5.74, 6) is 1.86. The van der Waals surface area contributed by atoms with E-state index in [1.165, 1.54) is 5.56 Å². The Morgan fingerprint density at radius 3 is 2.65 bits per heavy atom. The summed E-state index contributed by atoms with van der Waals surface area (Å²) in [6.45, 7) is 4.58. The van der Waals surface area contributed by atoms with E-state index in [0.717, 1.165) is 64.2 Å². The van der Waals surface area contributed by atoms with Crippen molar-refractivity contribution >= 4 is 5.91 Å². The van der Waals surface area contributed by atoms with Gasteiger partial charge in [-0.25, -0.2) is 4.98 Å². The number of likely N-dealkylation sites (tertiary alicyclic amines) is 2. The highest BCUT2D eigenvalue weighted by atomic mass is 16.2. The van der Waals surface area contributed by atoms with Crippen LogP contribution in [0.4, 0.5) is 0 Å². The lowest BCUT2D eigenvalue weighted by atomic mass is 9.92. The van der Waals surface area contributed by atoms with Gasteiger partial charge in [0.05, 0.1) is 5.92 Å². The number of H-pyrrole nitrogens is 1. The van der Waals surface area contributed by atoms with Crippen molar-refractivity contribution < 1.29 is 4.79 Å². The number of piperidine rings is 2. The van der Waals surface area contributed by atoms with Crippen molar-refractivity contribution in [2.45, 2.75) is 38.1 Å². The van der Waals surface area contributed by atoms with Gasteiger partial charge in [-0.1, -0.05) is 30.3 Å². The van der Waals surface area contributed by atoms with E-state index in [1.807, 2.05) is 0 Å². The number of benzene rings is 1. The minimum Gasteiger partial charge on any atom is -0.342 e. The fraction of sp³-hybridized carbons (Fsp3) is 0.550. The van der Waals surface area contributed by atoms with Crippen LogP contribution in [0.25, 0.3) is 0 Å². The molecule has 1 aromatic carbocycles. The van der Waals surface area contributed by atoms with E-state index < -0.39 is 0 Å². The summed E-state index contributed by atoms with van der Waals surface area (Å²) in [5.41, 5.74) is 1.33. The predicted molar refractivity (Wildman–Crippen MR) is 99.4 cm³/mol. The second-order valence-corrected chi connectivity index (χ2v) is 7.53. The van der Waals surface area contributed by atoms with Gasteiger partial charge in [-0.2, -0.15) is 5.10 Å². The van der Waals surface area contributed by atoms with Crippen molar-refractivity contribution in [1.82, 2.24) is 25.0 Å². The van der Waals surface area contributed by atoms with Crippen LogP contribution in [0.15, 0.2) is 36.7 Å². The Morgan fingerprint density at radius 1 is 1.12 bits per heavy atom. The molecule has 0 aliphatic carbocycles. The molecule has 1 N–H and O–H groups in total. The fourth-order valence-corrected chi connectivity index (χ4v) is 4.29. The highest BCUT2D eigenvalue weighted by molar-refractivity contribution is 5.79. The molecule has 2 aromatic rings. The zero-order valence-corrected chi connectivity index (χ0v) is 15.2. The Hall–Kier alpha value is -2.21. The Balaban J connectivity index is 1.30. The number of carbonyl (C=O) groups excluding carboxylic acids is 1. The van der Waals surface area contributed by atoms with Crippen LogP contribution in [0.2, 0.25) is 0 Å². The lowest BCUT2D eigenvalue weighted by Gasteiger charge is -2.37. The van der Waals surface area contributed by atoms with Crippen molar-refractivity contribution in [3.63, 3.8) is 0 Å². The molecule has 2 aliphatic heterocycles. The number of carbonyl (C=O) groups is 1. The topological polar surface area (TPSA) is 65.1 Å². The van der Waals surface area contributed by atoms with Gasteiger partial charge in [0.15, 0.2) is 0 Å². The van der Waals surface area contributed by atoms with Crippen molar-refractivity contribution in [2.24, 2.45) is 5.92 Å². The largest absolute Gasteiger partial charge is 0.342 e. The Kier molecular flexibility index (Phi) is 5.29. The van der Waals surface area contributed by atoms with Gasteiger partial charge in [0.1, 0.15) is 12.2 Å². The second kappa shape index (κ2) is 7.99. The van der Waals surface area contributed by atoms with Crippen LogP contribution in [0.1, 0.15) is 43.0 Å². The Labute approximate surface area is 154 Å². The second-order valence-electron chi connectivity index (χ2n) is 7.53. The Morgan fingerprint density at radius 2 is 1.92 bits per heavy atom. The first kappa shape index (κ1) is 17.2. The van der Waals surface area contributed by atoms with Gasteiger partial charge >= 0.3 is 0 Å². The molecule has 1 atom stereocenters. The molecule has 0 saturated carbocycles. The molecule has 2 aliphatic rings. The van der Waals surface area contributed by atoms with E-state index in [0.29, 0.717) is 11.8 Å². The van der Waals surface area contributed by atoms with Crippen LogP contribution in [-0.2, 0) is 11.3 Å². The standard InChI is InChI=1S/C20H27N5O/c26-20(25-11-8-17(9-12-25)19-21-15-22-23-19)18-7-4-10-24(14-18)13-16-5-2-1-3-6-16/h1-3,5-6,15,17-18H,4,7-14H2,(H,21,22,23). The number of nitrogens with one attached hydrogen (secondary N) is 1. The number of rotatable bonds is 4. The maximum atomic E-state index is 13.0. The third kappa shape index (κ3) is 3.96. The first-order chi connectivity index (χ1) is 12.8. The van der Waals surface area contributed by atoms with E-state index in [4.69, 9.17) is 0 Å². The maximum Gasteiger partial charge on any atom is 0.226 e. The van der Waals surface area contributed by atoms with Crippen LogP contribution < -0.4 is 0 Å². The molecule has 0 spiro atoms. The van der Waals surface area contributed by atoms with Crippen LogP contribution in [0, 0.1) is 5.92 Å². The first-order valence-corrected chi connectivity index (χ1v) is 9.70. The van der Waals surface area contributed by atoms with Gasteiger partial charge in [-0.15, -0.1) is 0 Å². The summed E-state index contributed by atoms with van der Waals surface area (Å²) in [6.07, 6.45) is 5.64. The summed E-state index contributed by atoms with van der Waals surface area (Å²) in [6, 6.07) is 10.6. The quantitative estimate of drug-likeness (QED) is 0.917. The smallest absolute Gasteiger partial charge is 0.226 e. The lowest BCUT2D eigenvalue weighted by molar-refractivity contribution is -0.138. The normalized spacial score (nSPS) is 22.5. The average molecular weight is 353 g/mol. The minimum absolute atomic E-state index is 0.147. The zero-order valence-electron chi connectivity index (χ0n) is 15.2. The van der Waals surface area contributed by atoms with E-state index >= 15 is 0 Å². The number of hydrogen-bond donors (Lipinski definition) is 1. The molecule has 0 radical (unpaired) electrons. The van der Waals surface area contributed by atoms with Crippen LogP contribution >= 0.6 is 0 Å². The van der Waals surface area contributed by atoms with Gasteiger partial charge in [0.25, 0.3) is 0 Å². The highest BCUT2D eigenvalue weighted by Gasteiger charge is 2.32. The number of aromatic nitrogens is 3. The van der Waals surface area contributed by atoms with Crippen molar-refractivity contribution in [3.05, 3.63) is 48.0 Å². The van der Waals surface area contributed by atoms with E-state index in [9.17, 15) is 4.79 Å². The number of amides is 1. The third-order valence-electron chi connectivity index (χ3n) is 5.73. The monoisotopic (exact) mass is 353 g/mol. The highest BCUT2D eigenvalue weighted by Crippen LogP contribution is 2.27. The number of nitrogens with zero attached hydrogens (tertiary/aromatic N) is 4. The molecule has 1 unspecified atom stereocenters. The molecule has 26 heavy (non-hydrogen) atoms. The fourth-order valence-electron chi connectivity index (χ4n) is 4.29. The van der Waals surface area contributed by atoms with Gasteiger partial charge in [-0.05, 0) is 37.8 Å². The molecular weight excluding hydrogens is 326 g/mol. The maximum absolute atomic E-state index is 13.0. The molecule has 0 bridgehead atoms. The van der Waals surface area contributed by atoms with E-state index in [-0.39, 0.29) is 5.92 Å². The summed E-state index contributed by atoms with van der Waals surface area (Å²) in [5, 5.41) is 6.92. The average Bonchev–Trinajstić information content (AvgIpc) is 3.23. The predicted octanol–water partition coefficient (Wildman–Crippen LogP) is 2.42. The van der Waals surface area contributed by atoms with Crippen molar-refractivity contribution in [3.8, 4) is 0 Å². The summed E-state index contributed by atoms with van der Waals surface area (Å²) in [7, 11) is 0. The van der Waals surface area contributed by atoms with Gasteiger partial charge < -0.3 is 4.90 Å². The molecular formula is C20H27N5O. The van der Waals surface area contributed by atoms with Crippen molar-refractivity contribution in [2.75, 3.05) is 26.2 Å². The summed E-state index contributed by atoms with van der Waals surface area (Å²) < 4.78 is 0. The molecule has 6 heteroatoms. The molecule has 3 heterocycles. The van der Waals surface area contributed by atoms with E-state index in [1.54, 1.807) is 6.33 Å².